The van der Waals surface area contributed by atoms with Gasteiger partial charge in [0, 0.05) is 4.88 Å². The maximum atomic E-state index is 12.7. The van der Waals surface area contributed by atoms with Crippen molar-refractivity contribution in [2.75, 3.05) is 6.26 Å². The number of H-pyrrole nitrogens is 1. The van der Waals surface area contributed by atoms with Crippen molar-refractivity contribution >= 4 is 44.3 Å². The van der Waals surface area contributed by atoms with Crippen LogP contribution < -0.4 is 5.56 Å². The molecule has 2 heterocycles. The lowest BCUT2D eigenvalue weighted by Crippen LogP contribution is -2.11. The lowest BCUT2D eigenvalue weighted by atomic mass is 10.1. The second-order valence-electron chi connectivity index (χ2n) is 6.28. The zero-order valence-electron chi connectivity index (χ0n) is 14.3. The smallest absolute Gasteiger partial charge is 0.305 e. The summed E-state index contributed by atoms with van der Waals surface area (Å²) in [5.74, 6) is 0.444. The second kappa shape index (κ2) is 6.83. The number of aryl methyl sites for hydroxylation is 2. The molecule has 0 fully saturated rings. The summed E-state index contributed by atoms with van der Waals surface area (Å²) in [6.07, 6.45) is 2.19. The molecule has 0 unspecified atom stereocenters. The van der Waals surface area contributed by atoms with Crippen molar-refractivity contribution in [3.8, 4) is 0 Å². The van der Waals surface area contributed by atoms with E-state index in [1.807, 2.05) is 6.26 Å². The van der Waals surface area contributed by atoms with Gasteiger partial charge in [-0.25, -0.2) is 4.98 Å². The maximum absolute atomic E-state index is 12.7. The van der Waals surface area contributed by atoms with Crippen LogP contribution in [0.2, 0.25) is 0 Å². The van der Waals surface area contributed by atoms with Crippen LogP contribution in [0, 0.1) is 0 Å². The number of aromatic nitrogens is 2. The number of aromatic amines is 1. The monoisotopic (exact) mass is 408 g/mol. The first-order chi connectivity index (χ1) is 12.9. The Balaban J connectivity index is 1.74. The number of nitrogens with zero attached hydrogens (tertiary/aromatic N) is 1. The van der Waals surface area contributed by atoms with E-state index in [9.17, 15) is 18.0 Å². The molecule has 1 aliphatic carbocycles. The molecule has 0 saturated carbocycles. The van der Waals surface area contributed by atoms with E-state index in [-0.39, 0.29) is 5.56 Å². The summed E-state index contributed by atoms with van der Waals surface area (Å²) in [5, 5.41) is 0.686. The lowest BCUT2D eigenvalue weighted by molar-refractivity contribution is -0.137. The highest BCUT2D eigenvalue weighted by Gasteiger charge is 2.29. The van der Waals surface area contributed by atoms with E-state index in [1.54, 1.807) is 17.4 Å². The summed E-state index contributed by atoms with van der Waals surface area (Å²) < 4.78 is 38.1. The van der Waals surface area contributed by atoms with Gasteiger partial charge in [0.2, 0.25) is 0 Å². The maximum Gasteiger partial charge on any atom is 0.416 e. The Hall–Kier alpha value is -2.06. The summed E-state index contributed by atoms with van der Waals surface area (Å²) >= 11 is 2.95. The van der Waals surface area contributed by atoms with Gasteiger partial charge in [-0.15, -0.1) is 23.1 Å². The Morgan fingerprint density at radius 3 is 2.67 bits per heavy atom. The predicted octanol–water partition coefficient (Wildman–Crippen LogP) is 5.35. The Labute approximate surface area is 161 Å². The fourth-order valence-corrected chi connectivity index (χ4v) is 5.07. The number of benzene rings is 1. The van der Waals surface area contributed by atoms with Gasteiger partial charge in [-0.3, -0.25) is 4.79 Å². The number of hydrogen-bond donors (Lipinski definition) is 1. The molecule has 4 rings (SSSR count). The Bertz CT molecular complexity index is 1100. The van der Waals surface area contributed by atoms with Crippen molar-refractivity contribution in [2.24, 2.45) is 0 Å². The molecule has 0 bridgehead atoms. The van der Waals surface area contributed by atoms with Crippen molar-refractivity contribution in [3.63, 3.8) is 0 Å². The van der Waals surface area contributed by atoms with Crippen LogP contribution in [0.1, 0.15) is 33.8 Å². The third-order valence-corrected chi connectivity index (χ3v) is 6.50. The van der Waals surface area contributed by atoms with Crippen LogP contribution in [0.3, 0.4) is 0 Å². The number of hydrogen-bond acceptors (Lipinski definition) is 4. The largest absolute Gasteiger partial charge is 0.416 e. The number of halogens is 3. The standard InChI is InChI=1S/C19H15F3N2OS2/c1-26-14(9-10-5-7-11(8-6-10)19(20,21)22)16-23-17(25)15-12-3-2-4-13(12)27-18(15)24-16/h5-9H,2-4H2,1H3,(H,23,24,25)/b14-9-. The van der Waals surface area contributed by atoms with Crippen molar-refractivity contribution in [3.05, 3.63) is 62.0 Å². The Morgan fingerprint density at radius 2 is 2.00 bits per heavy atom. The van der Waals surface area contributed by atoms with Crippen molar-refractivity contribution in [1.82, 2.24) is 9.97 Å². The van der Waals surface area contributed by atoms with Gasteiger partial charge in [-0.05, 0) is 54.9 Å². The SMILES string of the molecule is CS/C(=C\c1ccc(C(F)(F)F)cc1)c1nc2sc3c(c2c(=O)[nH]1)CCC3. The molecular formula is C19H15F3N2OS2. The van der Waals surface area contributed by atoms with Gasteiger partial charge in [-0.2, -0.15) is 13.2 Å². The van der Waals surface area contributed by atoms with E-state index >= 15 is 0 Å². The molecule has 0 amide bonds. The highest BCUT2D eigenvalue weighted by atomic mass is 32.2. The van der Waals surface area contributed by atoms with Crippen molar-refractivity contribution in [1.29, 1.82) is 0 Å². The van der Waals surface area contributed by atoms with Crippen LogP contribution >= 0.6 is 23.1 Å². The van der Waals surface area contributed by atoms with Crippen molar-refractivity contribution in [2.45, 2.75) is 25.4 Å². The fourth-order valence-electron chi connectivity index (χ4n) is 3.26. The summed E-state index contributed by atoms with van der Waals surface area (Å²) in [7, 11) is 0. The van der Waals surface area contributed by atoms with E-state index in [2.05, 4.69) is 9.97 Å². The molecule has 1 aromatic carbocycles. The van der Waals surface area contributed by atoms with Crippen LogP contribution in [0.4, 0.5) is 13.2 Å². The lowest BCUT2D eigenvalue weighted by Gasteiger charge is -2.07. The molecule has 0 spiro atoms. The topological polar surface area (TPSA) is 45.8 Å². The number of thiophene rings is 1. The molecule has 3 nitrogen and oxygen atoms in total. The first-order valence-corrected chi connectivity index (χ1v) is 10.4. The molecular weight excluding hydrogens is 393 g/mol. The minimum absolute atomic E-state index is 0.151. The van der Waals surface area contributed by atoms with E-state index in [4.69, 9.17) is 0 Å². The predicted molar refractivity (Wildman–Crippen MR) is 105 cm³/mol. The van der Waals surface area contributed by atoms with Gasteiger partial charge >= 0.3 is 6.18 Å². The zero-order valence-corrected chi connectivity index (χ0v) is 15.9. The van der Waals surface area contributed by atoms with E-state index in [0.717, 1.165) is 41.8 Å². The summed E-state index contributed by atoms with van der Waals surface area (Å²) in [4.78, 5) is 22.7. The Kier molecular flexibility index (Phi) is 4.63. The minimum atomic E-state index is -4.36. The third-order valence-electron chi connectivity index (χ3n) is 4.56. The quantitative estimate of drug-likeness (QED) is 0.635. The normalized spacial score (nSPS) is 14.7. The molecule has 3 aromatic rings. The van der Waals surface area contributed by atoms with Crippen LogP contribution in [0.25, 0.3) is 21.2 Å². The molecule has 8 heteroatoms. The van der Waals surface area contributed by atoms with Gasteiger partial charge in [0.15, 0.2) is 0 Å². The van der Waals surface area contributed by atoms with Crippen LogP contribution in [-0.2, 0) is 19.0 Å². The molecule has 140 valence electrons. The molecule has 2 aromatic heterocycles. The number of rotatable bonds is 3. The molecule has 0 saturated heterocycles. The fraction of sp³-hybridized carbons (Fsp3) is 0.263. The summed E-state index contributed by atoms with van der Waals surface area (Å²) in [5.41, 5.74) is 0.893. The molecule has 1 aliphatic rings. The number of nitrogens with one attached hydrogen (secondary N) is 1. The van der Waals surface area contributed by atoms with Gasteiger partial charge in [0.1, 0.15) is 10.7 Å². The Morgan fingerprint density at radius 1 is 1.26 bits per heavy atom. The molecule has 1 N–H and O–H groups in total. The molecule has 0 aliphatic heterocycles. The van der Waals surface area contributed by atoms with E-state index in [1.165, 1.54) is 28.8 Å². The van der Waals surface area contributed by atoms with Gasteiger partial charge in [0.25, 0.3) is 5.56 Å². The van der Waals surface area contributed by atoms with Crippen LogP contribution in [0.15, 0.2) is 29.1 Å². The molecule has 0 atom stereocenters. The second-order valence-corrected chi connectivity index (χ2v) is 8.22. The molecule has 0 radical (unpaired) electrons. The zero-order chi connectivity index (χ0) is 19.2. The average Bonchev–Trinajstić information content (AvgIpc) is 3.19. The first-order valence-electron chi connectivity index (χ1n) is 8.34. The van der Waals surface area contributed by atoms with Gasteiger partial charge < -0.3 is 4.98 Å². The number of alkyl halides is 3. The highest BCUT2D eigenvalue weighted by Crippen LogP contribution is 2.36. The van der Waals surface area contributed by atoms with Gasteiger partial charge in [0.05, 0.1) is 15.9 Å². The summed E-state index contributed by atoms with van der Waals surface area (Å²) in [6, 6.07) is 4.92. The number of fused-ring (bicyclic) bond motifs is 3. The van der Waals surface area contributed by atoms with Crippen LogP contribution in [-0.4, -0.2) is 16.2 Å². The number of thioether (sulfide) groups is 1. The van der Waals surface area contributed by atoms with E-state index < -0.39 is 11.7 Å². The molecule has 27 heavy (non-hydrogen) atoms. The average molecular weight is 408 g/mol. The van der Waals surface area contributed by atoms with Crippen LogP contribution in [0.5, 0.6) is 0 Å². The summed E-state index contributed by atoms with van der Waals surface area (Å²) in [6.45, 7) is 0. The van der Waals surface area contributed by atoms with Gasteiger partial charge in [-0.1, -0.05) is 12.1 Å². The first kappa shape index (κ1) is 18.3. The van der Waals surface area contributed by atoms with Crippen molar-refractivity contribution < 1.29 is 13.2 Å². The highest BCUT2D eigenvalue weighted by molar-refractivity contribution is 8.07. The minimum Gasteiger partial charge on any atom is -0.305 e. The van der Waals surface area contributed by atoms with E-state index in [0.29, 0.717) is 21.7 Å². The third kappa shape index (κ3) is 3.43.